The van der Waals surface area contributed by atoms with Crippen molar-refractivity contribution in [3.63, 3.8) is 0 Å². The second kappa shape index (κ2) is 12.1. The molecule has 10 nitrogen and oxygen atoms in total. The van der Waals surface area contributed by atoms with Gasteiger partial charge in [-0.15, -0.1) is 0 Å². The fraction of sp³-hybridized carbons (Fsp3) is 0.148. The number of imide groups is 1. The molecule has 0 aliphatic carbocycles. The van der Waals surface area contributed by atoms with Crippen molar-refractivity contribution in [3.05, 3.63) is 98.9 Å². The van der Waals surface area contributed by atoms with Crippen molar-refractivity contribution >= 4 is 46.3 Å². The van der Waals surface area contributed by atoms with Gasteiger partial charge in [0, 0.05) is 11.8 Å². The number of anilines is 1. The molecule has 0 bridgehead atoms. The molecular weight excluding hydrogens is 510 g/mol. The van der Waals surface area contributed by atoms with E-state index < -0.39 is 28.5 Å². The Labute approximate surface area is 222 Å². The molecule has 0 spiro atoms. The fourth-order valence-electron chi connectivity index (χ4n) is 3.62. The number of para-hydroxylation sites is 2. The van der Waals surface area contributed by atoms with Crippen LogP contribution in [0.5, 0.6) is 11.5 Å². The summed E-state index contributed by atoms with van der Waals surface area (Å²) in [5, 5.41) is 13.4. The predicted octanol–water partition coefficient (Wildman–Crippen LogP) is 5.25. The first-order valence-electron chi connectivity index (χ1n) is 11.6. The molecule has 3 aromatic carbocycles. The number of hydrogen-bond acceptors (Lipinski definition) is 8. The number of rotatable bonds is 10. The molecule has 1 fully saturated rings. The van der Waals surface area contributed by atoms with Crippen molar-refractivity contribution in [2.24, 2.45) is 0 Å². The third-order valence-electron chi connectivity index (χ3n) is 5.37. The summed E-state index contributed by atoms with van der Waals surface area (Å²) in [5.41, 5.74) is 1.50. The fourth-order valence-corrected chi connectivity index (χ4v) is 4.46. The smallest absolute Gasteiger partial charge is 0.294 e. The molecule has 1 heterocycles. The van der Waals surface area contributed by atoms with Gasteiger partial charge >= 0.3 is 0 Å². The summed E-state index contributed by atoms with van der Waals surface area (Å²) in [7, 11) is 0. The monoisotopic (exact) mass is 533 g/mol. The zero-order valence-electron chi connectivity index (χ0n) is 20.3. The average Bonchev–Trinajstić information content (AvgIpc) is 3.16. The zero-order chi connectivity index (χ0) is 27.1. The van der Waals surface area contributed by atoms with Crippen LogP contribution in [0.2, 0.25) is 0 Å². The summed E-state index contributed by atoms with van der Waals surface area (Å²) in [6.07, 6.45) is 1.54. The maximum atomic E-state index is 12.9. The quantitative estimate of drug-likeness (QED) is 0.213. The molecule has 194 valence electrons. The van der Waals surface area contributed by atoms with Crippen LogP contribution in [0.15, 0.2) is 77.7 Å². The highest BCUT2D eigenvalue weighted by Crippen LogP contribution is 2.35. The van der Waals surface area contributed by atoms with Gasteiger partial charge in [0.15, 0.2) is 11.5 Å². The third kappa shape index (κ3) is 6.37. The highest BCUT2D eigenvalue weighted by atomic mass is 32.2. The van der Waals surface area contributed by atoms with Crippen molar-refractivity contribution in [3.8, 4) is 11.5 Å². The molecule has 0 atom stereocenters. The van der Waals surface area contributed by atoms with Gasteiger partial charge in [-0.1, -0.05) is 36.4 Å². The average molecular weight is 534 g/mol. The van der Waals surface area contributed by atoms with Gasteiger partial charge in [-0.25, -0.2) is 0 Å². The van der Waals surface area contributed by atoms with E-state index in [0.717, 1.165) is 16.7 Å². The van der Waals surface area contributed by atoms with Crippen LogP contribution < -0.4 is 14.8 Å². The number of nitrogens with zero attached hydrogens (tertiary/aromatic N) is 2. The van der Waals surface area contributed by atoms with Crippen LogP contribution in [0.4, 0.5) is 16.2 Å². The molecule has 4 rings (SSSR count). The van der Waals surface area contributed by atoms with E-state index in [2.05, 4.69) is 5.32 Å². The number of carbonyl (C=O) groups excluding carboxylic acids is 3. The Morgan fingerprint density at radius 3 is 2.50 bits per heavy atom. The van der Waals surface area contributed by atoms with E-state index in [1.165, 1.54) is 12.1 Å². The van der Waals surface area contributed by atoms with Crippen LogP contribution in [-0.4, -0.2) is 40.0 Å². The maximum absolute atomic E-state index is 12.9. The lowest BCUT2D eigenvalue weighted by atomic mass is 10.1. The summed E-state index contributed by atoms with van der Waals surface area (Å²) in [4.78, 5) is 49.5. The van der Waals surface area contributed by atoms with E-state index in [4.69, 9.17) is 9.47 Å². The summed E-state index contributed by atoms with van der Waals surface area (Å²) in [6.45, 7) is 1.68. The number of carbonyl (C=O) groups is 3. The van der Waals surface area contributed by atoms with Crippen molar-refractivity contribution in [1.82, 2.24) is 4.90 Å². The highest BCUT2D eigenvalue weighted by molar-refractivity contribution is 8.18. The largest absolute Gasteiger partial charge is 0.490 e. The third-order valence-corrected chi connectivity index (χ3v) is 6.28. The van der Waals surface area contributed by atoms with E-state index in [9.17, 15) is 24.5 Å². The van der Waals surface area contributed by atoms with Crippen LogP contribution in [0.3, 0.4) is 0 Å². The topological polar surface area (TPSA) is 128 Å². The first-order valence-corrected chi connectivity index (χ1v) is 12.4. The predicted molar refractivity (Wildman–Crippen MR) is 143 cm³/mol. The lowest BCUT2D eigenvalue weighted by Crippen LogP contribution is -2.36. The molecule has 0 radical (unpaired) electrons. The zero-order valence-corrected chi connectivity index (χ0v) is 21.1. The molecule has 1 aliphatic rings. The van der Waals surface area contributed by atoms with Crippen LogP contribution in [-0.2, 0) is 16.2 Å². The Bertz CT molecular complexity index is 1410. The standard InChI is InChI=1S/C27H23N3O7S/c1-2-36-23-14-18(12-13-22(23)37-17-19-8-6-7-11-21(19)30(34)35)15-24-26(32)29(27(33)38-24)16-25(31)28-20-9-4-3-5-10-20/h3-15H,2,16-17H2,1H3,(H,28,31)/b24-15-. The first-order chi connectivity index (χ1) is 18.4. The Balaban J connectivity index is 1.47. The number of nitro groups is 1. The molecule has 0 aromatic heterocycles. The van der Waals surface area contributed by atoms with Gasteiger partial charge in [-0.05, 0) is 60.7 Å². The molecule has 38 heavy (non-hydrogen) atoms. The van der Waals surface area contributed by atoms with Gasteiger partial charge in [0.1, 0.15) is 13.2 Å². The summed E-state index contributed by atoms with van der Waals surface area (Å²) >= 11 is 0.743. The van der Waals surface area contributed by atoms with E-state index in [1.807, 2.05) is 6.07 Å². The van der Waals surface area contributed by atoms with Crippen LogP contribution >= 0.6 is 11.8 Å². The van der Waals surface area contributed by atoms with Gasteiger partial charge in [-0.2, -0.15) is 0 Å². The molecule has 1 saturated heterocycles. The summed E-state index contributed by atoms with van der Waals surface area (Å²) < 4.78 is 11.5. The Hall–Kier alpha value is -4.64. The van der Waals surface area contributed by atoms with Crippen molar-refractivity contribution in [2.75, 3.05) is 18.5 Å². The van der Waals surface area contributed by atoms with E-state index in [0.29, 0.717) is 34.9 Å². The minimum absolute atomic E-state index is 0.0412. The first kappa shape index (κ1) is 26.4. The number of benzene rings is 3. The van der Waals surface area contributed by atoms with Crippen molar-refractivity contribution in [2.45, 2.75) is 13.5 Å². The second-order valence-corrected chi connectivity index (χ2v) is 8.99. The van der Waals surface area contributed by atoms with Crippen LogP contribution in [0.1, 0.15) is 18.1 Å². The normalized spacial score (nSPS) is 14.0. The maximum Gasteiger partial charge on any atom is 0.294 e. The Kier molecular flexibility index (Phi) is 8.39. The highest BCUT2D eigenvalue weighted by Gasteiger charge is 2.36. The Morgan fingerprint density at radius 1 is 1.03 bits per heavy atom. The van der Waals surface area contributed by atoms with Gasteiger partial charge in [-0.3, -0.25) is 29.4 Å². The minimum atomic E-state index is -0.571. The van der Waals surface area contributed by atoms with E-state index in [1.54, 1.807) is 67.6 Å². The van der Waals surface area contributed by atoms with Crippen LogP contribution in [0, 0.1) is 10.1 Å². The van der Waals surface area contributed by atoms with Gasteiger partial charge < -0.3 is 14.8 Å². The molecule has 3 amide bonds. The van der Waals surface area contributed by atoms with Gasteiger partial charge in [0.2, 0.25) is 5.91 Å². The number of nitrogens with one attached hydrogen (secondary N) is 1. The molecular formula is C27H23N3O7S. The lowest BCUT2D eigenvalue weighted by molar-refractivity contribution is -0.385. The number of ether oxygens (including phenoxy) is 2. The van der Waals surface area contributed by atoms with E-state index in [-0.39, 0.29) is 17.2 Å². The molecule has 0 saturated carbocycles. The second-order valence-electron chi connectivity index (χ2n) is 8.00. The SMILES string of the molecule is CCOc1cc(/C=C2\SC(=O)N(CC(=O)Nc3ccccc3)C2=O)ccc1OCc1ccccc1[N+](=O)[O-]. The molecule has 1 aliphatic heterocycles. The van der Waals surface area contributed by atoms with Gasteiger partial charge in [0.05, 0.1) is 22.0 Å². The van der Waals surface area contributed by atoms with Crippen molar-refractivity contribution < 1.29 is 28.8 Å². The molecule has 1 N–H and O–H groups in total. The minimum Gasteiger partial charge on any atom is -0.490 e. The molecule has 0 unspecified atom stereocenters. The number of hydrogen-bond donors (Lipinski definition) is 1. The van der Waals surface area contributed by atoms with E-state index >= 15 is 0 Å². The van der Waals surface area contributed by atoms with Gasteiger partial charge in [0.25, 0.3) is 16.8 Å². The summed E-state index contributed by atoms with van der Waals surface area (Å²) in [6, 6.07) is 20.0. The number of nitro benzene ring substituents is 1. The molecule has 3 aromatic rings. The lowest BCUT2D eigenvalue weighted by Gasteiger charge is -2.13. The molecule has 11 heteroatoms. The Morgan fingerprint density at radius 2 is 1.76 bits per heavy atom. The number of thioether (sulfide) groups is 1. The number of amides is 3. The van der Waals surface area contributed by atoms with Crippen molar-refractivity contribution in [1.29, 1.82) is 0 Å². The van der Waals surface area contributed by atoms with Crippen LogP contribution in [0.25, 0.3) is 6.08 Å². The summed E-state index contributed by atoms with van der Waals surface area (Å²) in [5.74, 6) is -0.314.